The van der Waals surface area contributed by atoms with Gasteiger partial charge in [-0.2, -0.15) is 5.26 Å². The minimum Gasteiger partial charge on any atom is -0.388 e. The van der Waals surface area contributed by atoms with Crippen LogP contribution >= 0.6 is 0 Å². The van der Waals surface area contributed by atoms with Crippen LogP contribution in [0.2, 0.25) is 0 Å². The minimum atomic E-state index is -0.574. The van der Waals surface area contributed by atoms with Crippen LogP contribution in [0.1, 0.15) is 13.8 Å². The molecule has 4 heteroatoms. The third-order valence-corrected chi connectivity index (χ3v) is 2.62. The largest absolute Gasteiger partial charge is 0.388 e. The molecule has 2 rings (SSSR count). The third-order valence-electron chi connectivity index (χ3n) is 2.62. The molecule has 0 spiro atoms. The predicted octanol–water partition coefficient (Wildman–Crippen LogP) is 0.0617. The Morgan fingerprint density at radius 2 is 2.00 bits per heavy atom. The number of epoxide rings is 1. The van der Waals surface area contributed by atoms with E-state index in [2.05, 4.69) is 0 Å². The second-order valence-corrected chi connectivity index (χ2v) is 3.95. The highest BCUT2D eigenvalue weighted by molar-refractivity contribution is 5.10. The minimum absolute atomic E-state index is 0.175. The molecule has 0 radical (unpaired) electrons. The fraction of sp³-hybridized carbons (Fsp3) is 0.889. The summed E-state index contributed by atoms with van der Waals surface area (Å²) in [4.78, 5) is 0. The Morgan fingerprint density at radius 3 is 2.54 bits per heavy atom. The standard InChI is InChI=1S/C9H13NO3/c1-4(2)7-6(11)9-8(13-9)5(3-10)12-7/h4-9,11H,1-2H3. The summed E-state index contributed by atoms with van der Waals surface area (Å²) >= 11 is 0. The number of rotatable bonds is 1. The first-order valence-corrected chi connectivity index (χ1v) is 4.53. The van der Waals surface area contributed by atoms with E-state index >= 15 is 0 Å². The van der Waals surface area contributed by atoms with Gasteiger partial charge in [0, 0.05) is 0 Å². The van der Waals surface area contributed by atoms with Gasteiger partial charge in [0.2, 0.25) is 0 Å². The molecule has 72 valence electrons. The Balaban J connectivity index is 2.09. The molecule has 2 heterocycles. The molecule has 0 aliphatic carbocycles. The third kappa shape index (κ3) is 1.33. The summed E-state index contributed by atoms with van der Waals surface area (Å²) in [6.45, 7) is 3.93. The highest BCUT2D eigenvalue weighted by Crippen LogP contribution is 2.38. The zero-order valence-electron chi connectivity index (χ0n) is 7.68. The van der Waals surface area contributed by atoms with Crippen molar-refractivity contribution >= 4 is 0 Å². The van der Waals surface area contributed by atoms with Crippen LogP contribution < -0.4 is 0 Å². The Bertz CT molecular complexity index is 248. The molecule has 0 amide bonds. The van der Waals surface area contributed by atoms with Crippen molar-refractivity contribution in [2.24, 2.45) is 5.92 Å². The van der Waals surface area contributed by atoms with Crippen LogP contribution in [0, 0.1) is 17.2 Å². The van der Waals surface area contributed by atoms with E-state index in [0.29, 0.717) is 0 Å². The Kier molecular flexibility index (Phi) is 2.03. The summed E-state index contributed by atoms with van der Waals surface area (Å²) in [5, 5.41) is 18.4. The number of hydrogen-bond donors (Lipinski definition) is 1. The summed E-state index contributed by atoms with van der Waals surface area (Å²) in [7, 11) is 0. The molecule has 4 nitrogen and oxygen atoms in total. The van der Waals surface area contributed by atoms with Gasteiger partial charge < -0.3 is 14.6 Å². The molecule has 1 N–H and O–H groups in total. The van der Waals surface area contributed by atoms with Crippen molar-refractivity contribution in [3.63, 3.8) is 0 Å². The van der Waals surface area contributed by atoms with Crippen LogP contribution in [-0.2, 0) is 9.47 Å². The molecule has 0 aromatic heterocycles. The Morgan fingerprint density at radius 1 is 1.31 bits per heavy atom. The van der Waals surface area contributed by atoms with Gasteiger partial charge in [-0.3, -0.25) is 0 Å². The van der Waals surface area contributed by atoms with Crippen molar-refractivity contribution in [2.45, 2.75) is 44.4 Å². The lowest BCUT2D eigenvalue weighted by Crippen LogP contribution is -2.47. The van der Waals surface area contributed by atoms with E-state index in [4.69, 9.17) is 14.7 Å². The molecular weight excluding hydrogens is 170 g/mol. The van der Waals surface area contributed by atoms with E-state index in [1.165, 1.54) is 0 Å². The number of ether oxygens (including phenoxy) is 2. The summed E-state index contributed by atoms with van der Waals surface area (Å²) in [6.07, 6.45) is -1.72. The van der Waals surface area contributed by atoms with Gasteiger partial charge in [0.15, 0.2) is 6.10 Å². The zero-order chi connectivity index (χ0) is 9.59. The lowest BCUT2D eigenvalue weighted by atomic mass is 9.94. The number of aliphatic hydroxyl groups excluding tert-OH is 1. The van der Waals surface area contributed by atoms with E-state index < -0.39 is 12.2 Å². The molecule has 2 fully saturated rings. The number of nitrogens with zero attached hydrogens (tertiary/aromatic N) is 1. The smallest absolute Gasteiger partial charge is 0.173 e. The van der Waals surface area contributed by atoms with Crippen molar-refractivity contribution < 1.29 is 14.6 Å². The highest BCUT2D eigenvalue weighted by atomic mass is 16.7. The van der Waals surface area contributed by atoms with Crippen LogP contribution in [0.15, 0.2) is 0 Å². The first-order valence-electron chi connectivity index (χ1n) is 4.53. The van der Waals surface area contributed by atoms with E-state index in [1.54, 1.807) is 0 Å². The summed E-state index contributed by atoms with van der Waals surface area (Å²) in [5.41, 5.74) is 0. The van der Waals surface area contributed by atoms with Gasteiger partial charge in [-0.25, -0.2) is 0 Å². The maximum Gasteiger partial charge on any atom is 0.173 e. The molecule has 0 aromatic rings. The van der Waals surface area contributed by atoms with E-state index in [0.717, 1.165) is 0 Å². The average molecular weight is 183 g/mol. The highest BCUT2D eigenvalue weighted by Gasteiger charge is 2.57. The fourth-order valence-corrected chi connectivity index (χ4v) is 1.82. The molecule has 0 aromatic carbocycles. The van der Waals surface area contributed by atoms with Gasteiger partial charge >= 0.3 is 0 Å². The quantitative estimate of drug-likeness (QED) is 0.584. The first kappa shape index (κ1) is 8.95. The molecule has 2 saturated heterocycles. The van der Waals surface area contributed by atoms with Gasteiger partial charge in [0.25, 0.3) is 0 Å². The van der Waals surface area contributed by atoms with E-state index in [1.807, 2.05) is 19.9 Å². The first-order chi connectivity index (χ1) is 6.15. The van der Waals surface area contributed by atoms with Crippen molar-refractivity contribution in [1.82, 2.24) is 0 Å². The van der Waals surface area contributed by atoms with Crippen LogP contribution in [0.4, 0.5) is 0 Å². The molecule has 5 unspecified atom stereocenters. The summed E-state index contributed by atoms with van der Waals surface area (Å²) in [5.74, 6) is 0.205. The van der Waals surface area contributed by atoms with Crippen molar-refractivity contribution in [2.75, 3.05) is 0 Å². The predicted molar refractivity (Wildman–Crippen MR) is 43.8 cm³/mol. The second kappa shape index (κ2) is 2.95. The Hall–Kier alpha value is -0.630. The summed E-state index contributed by atoms with van der Waals surface area (Å²) < 4.78 is 10.6. The number of nitriles is 1. The monoisotopic (exact) mass is 183 g/mol. The van der Waals surface area contributed by atoms with Crippen LogP contribution in [0.5, 0.6) is 0 Å². The van der Waals surface area contributed by atoms with Crippen molar-refractivity contribution in [3.05, 3.63) is 0 Å². The van der Waals surface area contributed by atoms with Gasteiger partial charge in [-0.1, -0.05) is 13.8 Å². The van der Waals surface area contributed by atoms with Crippen LogP contribution in [0.25, 0.3) is 0 Å². The molecule has 2 aliphatic rings. The van der Waals surface area contributed by atoms with Crippen molar-refractivity contribution in [1.29, 1.82) is 5.26 Å². The molecule has 5 atom stereocenters. The van der Waals surface area contributed by atoms with Crippen molar-refractivity contribution in [3.8, 4) is 6.07 Å². The van der Waals surface area contributed by atoms with E-state index in [-0.39, 0.29) is 24.2 Å². The molecular formula is C9H13NO3. The molecule has 0 saturated carbocycles. The van der Waals surface area contributed by atoms with Crippen LogP contribution in [-0.4, -0.2) is 35.6 Å². The zero-order valence-corrected chi connectivity index (χ0v) is 7.68. The molecule has 2 aliphatic heterocycles. The second-order valence-electron chi connectivity index (χ2n) is 3.95. The lowest BCUT2D eigenvalue weighted by Gasteiger charge is -2.30. The number of hydrogen-bond acceptors (Lipinski definition) is 4. The number of fused-ring (bicyclic) bond motifs is 1. The Labute approximate surface area is 77.1 Å². The summed E-state index contributed by atoms with van der Waals surface area (Å²) in [6, 6.07) is 2.04. The maximum absolute atomic E-state index is 9.70. The number of aliphatic hydroxyl groups is 1. The molecule has 0 bridgehead atoms. The normalized spacial score (nSPS) is 48.4. The van der Waals surface area contributed by atoms with Crippen LogP contribution in [0.3, 0.4) is 0 Å². The van der Waals surface area contributed by atoms with Gasteiger partial charge in [0.05, 0.1) is 12.2 Å². The van der Waals surface area contributed by atoms with Gasteiger partial charge in [-0.05, 0) is 5.92 Å². The maximum atomic E-state index is 9.70. The topological polar surface area (TPSA) is 65.8 Å². The average Bonchev–Trinajstić information content (AvgIpc) is 2.84. The SMILES string of the molecule is CC(C)C1OC(C#N)C2OC2C1O. The van der Waals surface area contributed by atoms with Gasteiger partial charge in [-0.15, -0.1) is 0 Å². The molecule has 13 heavy (non-hydrogen) atoms. The van der Waals surface area contributed by atoms with Gasteiger partial charge in [0.1, 0.15) is 18.3 Å². The lowest BCUT2D eigenvalue weighted by molar-refractivity contribution is -0.102. The fourth-order valence-electron chi connectivity index (χ4n) is 1.82. The van der Waals surface area contributed by atoms with E-state index in [9.17, 15) is 5.11 Å².